The lowest BCUT2D eigenvalue weighted by Crippen LogP contribution is -2.22. The van der Waals surface area contributed by atoms with E-state index in [1.165, 1.54) is 4.90 Å². The summed E-state index contributed by atoms with van der Waals surface area (Å²) in [5.41, 5.74) is 0. The van der Waals surface area contributed by atoms with Crippen molar-refractivity contribution in [2.45, 2.75) is 22.7 Å². The summed E-state index contributed by atoms with van der Waals surface area (Å²) >= 11 is 1.84. The molecule has 1 atom stereocenters. The van der Waals surface area contributed by atoms with Crippen LogP contribution in [0.3, 0.4) is 0 Å². The predicted octanol–water partition coefficient (Wildman–Crippen LogP) is 3.22. The fourth-order valence-corrected chi connectivity index (χ4v) is 3.06. The van der Waals surface area contributed by atoms with Gasteiger partial charge in [0.15, 0.2) is 4.93 Å². The Kier molecular flexibility index (Phi) is 1.47. The van der Waals surface area contributed by atoms with Crippen LogP contribution in [0.5, 0.6) is 5.75 Å². The summed E-state index contributed by atoms with van der Waals surface area (Å²) in [6.07, 6.45) is 6.64. The van der Waals surface area contributed by atoms with Crippen LogP contribution in [0.1, 0.15) is 12.8 Å². The van der Waals surface area contributed by atoms with Gasteiger partial charge in [-0.2, -0.15) is 0 Å². The summed E-state index contributed by atoms with van der Waals surface area (Å²) in [4.78, 5) is 1.21. The molecule has 0 N–H and O–H groups in total. The molecule has 0 saturated carbocycles. The first-order valence-corrected chi connectivity index (χ1v) is 5.34. The molecule has 0 radical (unpaired) electrons. The van der Waals surface area contributed by atoms with Crippen LogP contribution in [-0.2, 0) is 0 Å². The van der Waals surface area contributed by atoms with Gasteiger partial charge in [-0.15, -0.1) is 0 Å². The van der Waals surface area contributed by atoms with Crippen LogP contribution >= 0.6 is 11.8 Å². The summed E-state index contributed by atoms with van der Waals surface area (Å²) < 4.78 is 5.93. The normalized spacial score (nSPS) is 29.2. The van der Waals surface area contributed by atoms with Crippen molar-refractivity contribution in [3.8, 4) is 5.75 Å². The maximum absolute atomic E-state index is 5.93. The summed E-state index contributed by atoms with van der Waals surface area (Å²) in [5, 5.41) is 0. The summed E-state index contributed by atoms with van der Waals surface area (Å²) in [5.74, 6) is 1.04. The highest BCUT2D eigenvalue weighted by Crippen LogP contribution is 2.51. The minimum atomic E-state index is -0.0658. The Morgan fingerprint density at radius 3 is 3.00 bits per heavy atom. The maximum Gasteiger partial charge on any atom is 0.178 e. The third kappa shape index (κ3) is 1.09. The lowest BCUT2D eigenvalue weighted by Gasteiger charge is -2.19. The number of rotatable bonds is 0. The Bertz CT molecular complexity index is 345. The van der Waals surface area contributed by atoms with Crippen molar-refractivity contribution in [2.24, 2.45) is 0 Å². The molecule has 1 nitrogen and oxygen atoms in total. The third-order valence-corrected chi connectivity index (χ3v) is 3.77. The van der Waals surface area contributed by atoms with Gasteiger partial charge in [0.05, 0.1) is 4.90 Å². The van der Waals surface area contributed by atoms with E-state index < -0.39 is 0 Å². The van der Waals surface area contributed by atoms with E-state index in [0.717, 1.165) is 18.6 Å². The van der Waals surface area contributed by atoms with Gasteiger partial charge in [-0.25, -0.2) is 0 Å². The molecule has 2 aliphatic rings. The lowest BCUT2D eigenvalue weighted by molar-refractivity contribution is 0.222. The highest BCUT2D eigenvalue weighted by molar-refractivity contribution is 8.01. The molecule has 0 saturated heterocycles. The largest absolute Gasteiger partial charge is 0.471 e. The van der Waals surface area contributed by atoms with Gasteiger partial charge < -0.3 is 4.74 Å². The van der Waals surface area contributed by atoms with E-state index in [0.29, 0.717) is 0 Å². The molecule has 2 heteroatoms. The molecule has 3 rings (SSSR count). The first-order valence-electron chi connectivity index (χ1n) is 4.53. The van der Waals surface area contributed by atoms with Gasteiger partial charge in [-0.1, -0.05) is 30.0 Å². The highest BCUT2D eigenvalue weighted by Gasteiger charge is 2.39. The molecule has 0 aromatic heterocycles. The standard InChI is InChI=1S/C11H10OS/c1-2-6-10-9(5-1)12-11(13-10)7-3-4-8-11/h1-3,5-7H,4,8H2. The van der Waals surface area contributed by atoms with E-state index in [1.54, 1.807) is 0 Å². The third-order valence-electron chi connectivity index (χ3n) is 2.45. The average molecular weight is 190 g/mol. The number of para-hydroxylation sites is 1. The summed E-state index contributed by atoms with van der Waals surface area (Å²) in [6.45, 7) is 0. The molecule has 0 amide bonds. The van der Waals surface area contributed by atoms with Crippen LogP contribution in [0.15, 0.2) is 41.3 Å². The Labute approximate surface area is 81.8 Å². The van der Waals surface area contributed by atoms with Crippen LogP contribution in [0.2, 0.25) is 0 Å². The van der Waals surface area contributed by atoms with E-state index in [2.05, 4.69) is 24.3 Å². The summed E-state index contributed by atoms with van der Waals surface area (Å²) in [7, 11) is 0. The number of thioether (sulfide) groups is 1. The first kappa shape index (κ1) is 7.51. The monoisotopic (exact) mass is 190 g/mol. The molecule has 1 aromatic carbocycles. The quantitative estimate of drug-likeness (QED) is 0.581. The minimum absolute atomic E-state index is 0.0658. The number of ether oxygens (including phenoxy) is 1. The first-order chi connectivity index (χ1) is 6.38. The van der Waals surface area contributed by atoms with Crippen LogP contribution < -0.4 is 4.74 Å². The van der Waals surface area contributed by atoms with Crippen molar-refractivity contribution in [3.05, 3.63) is 36.4 Å². The highest BCUT2D eigenvalue weighted by atomic mass is 32.2. The second-order valence-corrected chi connectivity index (χ2v) is 4.74. The second-order valence-electron chi connectivity index (χ2n) is 3.40. The van der Waals surface area contributed by atoms with Crippen molar-refractivity contribution < 1.29 is 4.74 Å². The van der Waals surface area contributed by atoms with E-state index in [1.807, 2.05) is 23.9 Å². The Hall–Kier alpha value is -0.890. The average Bonchev–Trinajstić information content (AvgIpc) is 2.72. The van der Waals surface area contributed by atoms with Gasteiger partial charge in [-0.05, 0) is 24.6 Å². The number of fused-ring (bicyclic) bond motifs is 1. The fraction of sp³-hybridized carbons (Fsp3) is 0.273. The molecule has 1 aromatic rings. The molecular formula is C11H10OS. The van der Waals surface area contributed by atoms with Gasteiger partial charge in [-0.3, -0.25) is 0 Å². The van der Waals surface area contributed by atoms with Gasteiger partial charge in [0.2, 0.25) is 0 Å². The summed E-state index contributed by atoms with van der Waals surface area (Å²) in [6, 6.07) is 8.26. The second kappa shape index (κ2) is 2.55. The lowest BCUT2D eigenvalue weighted by atomic mass is 10.3. The topological polar surface area (TPSA) is 9.23 Å². The molecule has 13 heavy (non-hydrogen) atoms. The minimum Gasteiger partial charge on any atom is -0.471 e. The van der Waals surface area contributed by atoms with E-state index in [9.17, 15) is 0 Å². The van der Waals surface area contributed by atoms with E-state index >= 15 is 0 Å². The molecule has 66 valence electrons. The van der Waals surface area contributed by atoms with Crippen molar-refractivity contribution >= 4 is 11.8 Å². The van der Waals surface area contributed by atoms with Crippen molar-refractivity contribution in [1.82, 2.24) is 0 Å². The number of allylic oxidation sites excluding steroid dienone is 1. The molecular weight excluding hydrogens is 180 g/mol. The van der Waals surface area contributed by atoms with Crippen molar-refractivity contribution in [3.63, 3.8) is 0 Å². The molecule has 0 fully saturated rings. The molecule has 1 unspecified atom stereocenters. The van der Waals surface area contributed by atoms with Crippen molar-refractivity contribution in [2.75, 3.05) is 0 Å². The van der Waals surface area contributed by atoms with Crippen LogP contribution in [0.4, 0.5) is 0 Å². The Morgan fingerprint density at radius 1 is 1.31 bits per heavy atom. The molecule has 1 spiro atoms. The zero-order valence-electron chi connectivity index (χ0n) is 7.19. The number of hydrogen-bond acceptors (Lipinski definition) is 2. The maximum atomic E-state index is 5.93. The van der Waals surface area contributed by atoms with Gasteiger partial charge in [0.25, 0.3) is 0 Å². The predicted molar refractivity (Wildman–Crippen MR) is 54.0 cm³/mol. The SMILES string of the molecule is C1=CC2(CC1)Oc1ccccc1S2. The van der Waals surface area contributed by atoms with Gasteiger partial charge in [0.1, 0.15) is 5.75 Å². The molecule has 1 aliphatic heterocycles. The zero-order chi connectivity index (χ0) is 8.73. The van der Waals surface area contributed by atoms with Crippen LogP contribution in [0.25, 0.3) is 0 Å². The Balaban J connectivity index is 2.01. The molecule has 0 bridgehead atoms. The molecule has 1 aliphatic carbocycles. The Morgan fingerprint density at radius 2 is 2.23 bits per heavy atom. The van der Waals surface area contributed by atoms with Crippen molar-refractivity contribution in [1.29, 1.82) is 0 Å². The van der Waals surface area contributed by atoms with Crippen LogP contribution in [0, 0.1) is 0 Å². The fourth-order valence-electron chi connectivity index (χ4n) is 1.81. The smallest absolute Gasteiger partial charge is 0.178 e. The van der Waals surface area contributed by atoms with E-state index in [-0.39, 0.29) is 4.93 Å². The van der Waals surface area contributed by atoms with Gasteiger partial charge >= 0.3 is 0 Å². The number of benzene rings is 1. The van der Waals surface area contributed by atoms with Gasteiger partial charge in [0, 0.05) is 6.42 Å². The van der Waals surface area contributed by atoms with E-state index in [4.69, 9.17) is 4.74 Å². The number of hydrogen-bond donors (Lipinski definition) is 0. The van der Waals surface area contributed by atoms with Crippen LogP contribution in [-0.4, -0.2) is 4.93 Å². The zero-order valence-corrected chi connectivity index (χ0v) is 8.01. The molecule has 1 heterocycles.